The van der Waals surface area contributed by atoms with E-state index in [1.54, 1.807) is 95.5 Å². The molecule has 13 heteroatoms. The summed E-state index contributed by atoms with van der Waals surface area (Å²) in [6, 6.07) is 12.6. The monoisotopic (exact) mass is 691 g/mol. The summed E-state index contributed by atoms with van der Waals surface area (Å²) < 4.78 is 22.4. The van der Waals surface area contributed by atoms with Crippen LogP contribution < -0.4 is 10.6 Å². The van der Waals surface area contributed by atoms with Crippen LogP contribution in [0.4, 0.5) is 0 Å². The molecule has 50 heavy (non-hydrogen) atoms. The van der Waals surface area contributed by atoms with E-state index in [1.807, 2.05) is 0 Å². The molecular formula is C37H45N3O10. The van der Waals surface area contributed by atoms with Crippen molar-refractivity contribution in [3.05, 3.63) is 88.5 Å². The third kappa shape index (κ3) is 11.1. The number of ether oxygens (including phenoxy) is 4. The van der Waals surface area contributed by atoms with Gasteiger partial charge in [-0.3, -0.25) is 19.2 Å². The molecular weight excluding hydrogens is 646 g/mol. The Bertz CT molecular complexity index is 1610. The van der Waals surface area contributed by atoms with Gasteiger partial charge in [0, 0.05) is 50.7 Å². The molecule has 4 unspecified atom stereocenters. The average Bonchev–Trinajstić information content (AvgIpc) is 3.56. The predicted molar refractivity (Wildman–Crippen MR) is 182 cm³/mol. The van der Waals surface area contributed by atoms with Gasteiger partial charge in [0.15, 0.2) is 0 Å². The van der Waals surface area contributed by atoms with Gasteiger partial charge in [0.05, 0.1) is 18.2 Å². The minimum Gasteiger partial charge on any atom is -0.460 e. The third-order valence-electron chi connectivity index (χ3n) is 7.87. The standard InChI is InChI=1S/C37H45N3O10/c1-37(2,3)50-32(43)16-14-28(21-41)39-35(45)26-8-6-7-24(17-26)20-38-34(44)27-18-29-33(48-22-47-29)30(19-27)49-36(46)25-12-9-23(10-13-25)11-15-31(42)40(4)5/h6-13,15,17-18,28-30,33,41H,14,16,19-22H2,1-5H3,(H,38,44)(H,39,45). The molecule has 1 heterocycles. The first-order chi connectivity index (χ1) is 23.7. The van der Waals surface area contributed by atoms with E-state index in [9.17, 15) is 29.1 Å². The van der Waals surface area contributed by atoms with Crippen molar-refractivity contribution < 1.29 is 48.0 Å². The second kappa shape index (κ2) is 17.2. The van der Waals surface area contributed by atoms with Crippen molar-refractivity contribution in [2.75, 3.05) is 27.5 Å². The SMILES string of the molecule is CN(C)C(=O)C=Cc1ccc(C(=O)OC2CC(C(=O)NCc3cccc(C(=O)NC(CO)CCC(=O)OC(C)(C)C)c3)=CC3OCOC32)cc1. The molecule has 1 aliphatic heterocycles. The molecule has 3 N–H and O–H groups in total. The molecule has 13 nitrogen and oxygen atoms in total. The number of amides is 3. The number of carbonyl (C=O) groups is 5. The van der Waals surface area contributed by atoms with E-state index in [1.165, 1.54) is 11.0 Å². The molecule has 3 amide bonds. The van der Waals surface area contributed by atoms with Crippen molar-refractivity contribution in [1.29, 1.82) is 0 Å². The summed E-state index contributed by atoms with van der Waals surface area (Å²) in [6.07, 6.45) is 3.17. The van der Waals surface area contributed by atoms with Gasteiger partial charge in [0.1, 0.15) is 30.7 Å². The maximum atomic E-state index is 13.3. The van der Waals surface area contributed by atoms with Gasteiger partial charge in [-0.2, -0.15) is 0 Å². The fourth-order valence-electron chi connectivity index (χ4n) is 5.26. The van der Waals surface area contributed by atoms with E-state index in [-0.39, 0.29) is 51.0 Å². The maximum Gasteiger partial charge on any atom is 0.338 e. The number of aliphatic hydroxyl groups is 1. The molecule has 2 aliphatic rings. The molecule has 0 aromatic heterocycles. The topological polar surface area (TPSA) is 170 Å². The molecule has 1 fully saturated rings. The number of carbonyl (C=O) groups excluding carboxylic acids is 5. The summed E-state index contributed by atoms with van der Waals surface area (Å²) in [5.74, 6) is -1.99. The van der Waals surface area contributed by atoms with Crippen molar-refractivity contribution in [2.24, 2.45) is 0 Å². The smallest absolute Gasteiger partial charge is 0.338 e. The number of nitrogens with zero attached hydrogens (tertiary/aromatic N) is 1. The van der Waals surface area contributed by atoms with Gasteiger partial charge in [-0.1, -0.05) is 24.3 Å². The lowest BCUT2D eigenvalue weighted by Gasteiger charge is -2.30. The lowest BCUT2D eigenvalue weighted by molar-refractivity contribution is -0.155. The average molecular weight is 692 g/mol. The highest BCUT2D eigenvalue weighted by Crippen LogP contribution is 2.31. The predicted octanol–water partition coefficient (Wildman–Crippen LogP) is 2.91. The zero-order chi connectivity index (χ0) is 36.4. The van der Waals surface area contributed by atoms with Crippen molar-refractivity contribution >= 4 is 35.7 Å². The van der Waals surface area contributed by atoms with Crippen LogP contribution >= 0.6 is 0 Å². The molecule has 4 atom stereocenters. The number of likely N-dealkylation sites (N-methyl/N-ethyl adjacent to an activating group) is 1. The van der Waals surface area contributed by atoms with E-state index >= 15 is 0 Å². The highest BCUT2D eigenvalue weighted by atomic mass is 16.7. The number of benzene rings is 2. The van der Waals surface area contributed by atoms with Gasteiger partial charge in [-0.25, -0.2) is 4.79 Å². The lowest BCUT2D eigenvalue weighted by Crippen LogP contribution is -2.43. The number of rotatable bonds is 13. The largest absolute Gasteiger partial charge is 0.460 e. The summed E-state index contributed by atoms with van der Waals surface area (Å²) in [5.41, 5.74) is 1.75. The molecule has 2 aromatic carbocycles. The minimum absolute atomic E-state index is 0.00547. The molecule has 0 saturated carbocycles. The molecule has 0 bridgehead atoms. The van der Waals surface area contributed by atoms with E-state index in [0.29, 0.717) is 22.3 Å². The zero-order valence-corrected chi connectivity index (χ0v) is 29.0. The van der Waals surface area contributed by atoms with Crippen LogP contribution in [0.5, 0.6) is 0 Å². The van der Waals surface area contributed by atoms with Crippen molar-refractivity contribution in [2.45, 2.75) is 76.5 Å². The Kier molecular flexibility index (Phi) is 13.1. The van der Waals surface area contributed by atoms with Crippen LogP contribution in [-0.4, -0.2) is 97.1 Å². The molecule has 0 radical (unpaired) electrons. The van der Waals surface area contributed by atoms with Gasteiger partial charge in [-0.05, 0) is 74.7 Å². The molecule has 2 aromatic rings. The van der Waals surface area contributed by atoms with Crippen LogP contribution in [0.2, 0.25) is 0 Å². The van der Waals surface area contributed by atoms with E-state index in [0.717, 1.165) is 5.56 Å². The summed E-state index contributed by atoms with van der Waals surface area (Å²) in [4.78, 5) is 64.6. The summed E-state index contributed by atoms with van der Waals surface area (Å²) in [7, 11) is 3.31. The van der Waals surface area contributed by atoms with Gasteiger partial charge < -0.3 is 39.6 Å². The normalized spacial score (nSPS) is 19.2. The van der Waals surface area contributed by atoms with Crippen LogP contribution in [0.25, 0.3) is 6.08 Å². The maximum absolute atomic E-state index is 13.3. The first-order valence-corrected chi connectivity index (χ1v) is 16.4. The van der Waals surface area contributed by atoms with E-state index in [4.69, 9.17) is 18.9 Å². The Labute approximate surface area is 291 Å². The number of aliphatic hydroxyl groups excluding tert-OH is 1. The van der Waals surface area contributed by atoms with Crippen LogP contribution in [0.3, 0.4) is 0 Å². The highest BCUT2D eigenvalue weighted by Gasteiger charge is 2.42. The van der Waals surface area contributed by atoms with Crippen LogP contribution in [-0.2, 0) is 39.9 Å². The van der Waals surface area contributed by atoms with Gasteiger partial charge in [0.2, 0.25) is 11.8 Å². The number of hydrogen-bond acceptors (Lipinski definition) is 10. The van der Waals surface area contributed by atoms with E-state index < -0.39 is 47.8 Å². The second-order valence-corrected chi connectivity index (χ2v) is 13.3. The van der Waals surface area contributed by atoms with Crippen LogP contribution in [0, 0.1) is 0 Å². The lowest BCUT2D eigenvalue weighted by atomic mass is 9.91. The summed E-state index contributed by atoms with van der Waals surface area (Å²) in [5, 5.41) is 15.3. The van der Waals surface area contributed by atoms with E-state index in [2.05, 4.69) is 10.6 Å². The fraction of sp³-hybridized carbons (Fsp3) is 0.432. The second-order valence-electron chi connectivity index (χ2n) is 13.3. The minimum atomic E-state index is -0.778. The summed E-state index contributed by atoms with van der Waals surface area (Å²) in [6.45, 7) is 5.05. The first kappa shape index (κ1) is 38.0. The molecule has 4 rings (SSSR count). The number of esters is 2. The molecule has 1 aliphatic carbocycles. The summed E-state index contributed by atoms with van der Waals surface area (Å²) >= 11 is 0. The van der Waals surface area contributed by atoms with Gasteiger partial charge in [0.25, 0.3) is 5.91 Å². The van der Waals surface area contributed by atoms with Crippen molar-refractivity contribution in [3.63, 3.8) is 0 Å². The Balaban J connectivity index is 1.32. The zero-order valence-electron chi connectivity index (χ0n) is 29.0. The van der Waals surface area contributed by atoms with Gasteiger partial charge >= 0.3 is 11.9 Å². The first-order valence-electron chi connectivity index (χ1n) is 16.4. The van der Waals surface area contributed by atoms with Gasteiger partial charge in [-0.15, -0.1) is 0 Å². The Morgan fingerprint density at radius 1 is 1.02 bits per heavy atom. The quantitative estimate of drug-likeness (QED) is 0.210. The number of hydrogen-bond donors (Lipinski definition) is 3. The number of fused-ring (bicyclic) bond motifs is 1. The van der Waals surface area contributed by atoms with Crippen LogP contribution in [0.15, 0.2) is 66.3 Å². The third-order valence-corrected chi connectivity index (χ3v) is 7.87. The van der Waals surface area contributed by atoms with Crippen molar-refractivity contribution in [3.8, 4) is 0 Å². The van der Waals surface area contributed by atoms with Crippen LogP contribution in [0.1, 0.15) is 71.9 Å². The fourth-order valence-corrected chi connectivity index (χ4v) is 5.26. The molecule has 0 spiro atoms. The Morgan fingerprint density at radius 2 is 1.76 bits per heavy atom. The Hall–Kier alpha value is -4.85. The molecule has 268 valence electrons. The molecule has 1 saturated heterocycles. The number of nitrogens with one attached hydrogen (secondary N) is 2. The van der Waals surface area contributed by atoms with Crippen molar-refractivity contribution in [1.82, 2.24) is 15.5 Å². The highest BCUT2D eigenvalue weighted by molar-refractivity contribution is 5.96. The Morgan fingerprint density at radius 3 is 2.44 bits per heavy atom.